The van der Waals surface area contributed by atoms with Gasteiger partial charge in [0.05, 0.1) is 17.4 Å². The Bertz CT molecular complexity index is 1370. The fourth-order valence-electron chi connectivity index (χ4n) is 3.38. The average molecular weight is 441 g/mol. The summed E-state index contributed by atoms with van der Waals surface area (Å²) in [6.07, 6.45) is -1.81. The molecule has 0 spiro atoms. The molecule has 0 saturated carbocycles. The molecule has 0 fully saturated rings. The van der Waals surface area contributed by atoms with Crippen LogP contribution in [0.2, 0.25) is 0 Å². The Labute approximate surface area is 180 Å². The maximum absolute atomic E-state index is 12.8. The quantitative estimate of drug-likeness (QED) is 0.522. The molecule has 1 N–H and O–H groups in total. The topological polar surface area (TPSA) is 81.8 Å². The summed E-state index contributed by atoms with van der Waals surface area (Å²) in [7, 11) is 0. The van der Waals surface area contributed by atoms with Crippen molar-refractivity contribution < 1.29 is 18.0 Å². The van der Waals surface area contributed by atoms with E-state index >= 15 is 0 Å². The van der Waals surface area contributed by atoms with E-state index in [1.54, 1.807) is 4.68 Å². The molecule has 0 bridgehead atoms. The van der Waals surface area contributed by atoms with E-state index in [0.29, 0.717) is 5.65 Å². The van der Waals surface area contributed by atoms with E-state index in [1.165, 1.54) is 12.5 Å². The number of carbonyl (C=O) groups excluding carboxylic acids is 1. The molecule has 10 heteroatoms. The van der Waals surface area contributed by atoms with Crippen LogP contribution in [0.3, 0.4) is 0 Å². The summed E-state index contributed by atoms with van der Waals surface area (Å²) in [5, 5.41) is 7.00. The van der Waals surface area contributed by atoms with Gasteiger partial charge in [-0.15, -0.1) is 0 Å². The van der Waals surface area contributed by atoms with Crippen LogP contribution in [0.4, 0.5) is 18.9 Å². The van der Waals surface area contributed by atoms with Gasteiger partial charge < -0.3 is 5.32 Å². The lowest BCUT2D eigenvalue weighted by atomic mass is 10.1. The Morgan fingerprint density at radius 2 is 1.81 bits per heavy atom. The van der Waals surface area contributed by atoms with Gasteiger partial charge in [0.15, 0.2) is 5.65 Å². The molecule has 0 radical (unpaired) electrons. The van der Waals surface area contributed by atoms with Gasteiger partial charge in [-0.3, -0.25) is 14.2 Å². The Kier molecular flexibility index (Phi) is 5.29. The Morgan fingerprint density at radius 1 is 1.09 bits per heavy atom. The molecule has 0 unspecified atom stereocenters. The van der Waals surface area contributed by atoms with Crippen LogP contribution in [0.15, 0.2) is 59.8 Å². The minimum absolute atomic E-state index is 0.188. The van der Waals surface area contributed by atoms with E-state index < -0.39 is 23.2 Å². The van der Waals surface area contributed by atoms with Crippen molar-refractivity contribution in [3.05, 3.63) is 82.0 Å². The maximum atomic E-state index is 12.8. The Balaban J connectivity index is 1.56. The number of anilines is 1. The second-order valence-electron chi connectivity index (χ2n) is 7.38. The van der Waals surface area contributed by atoms with Crippen molar-refractivity contribution in [3.63, 3.8) is 0 Å². The summed E-state index contributed by atoms with van der Waals surface area (Å²) < 4.78 is 40.6. The summed E-state index contributed by atoms with van der Waals surface area (Å²) in [5.41, 5.74) is 2.13. The molecule has 2 aromatic heterocycles. The fraction of sp³-hybridized carbons (Fsp3) is 0.182. The largest absolute Gasteiger partial charge is 0.416 e. The van der Waals surface area contributed by atoms with Crippen LogP contribution >= 0.6 is 0 Å². The summed E-state index contributed by atoms with van der Waals surface area (Å²) in [6, 6.07) is 9.87. The molecular formula is C22H18F3N5O2. The number of hydrogen-bond donors (Lipinski definition) is 1. The van der Waals surface area contributed by atoms with E-state index in [-0.39, 0.29) is 17.6 Å². The molecule has 4 aromatic rings. The van der Waals surface area contributed by atoms with Crippen LogP contribution in [0, 0.1) is 13.8 Å². The molecule has 164 valence electrons. The van der Waals surface area contributed by atoms with Crippen LogP contribution in [0.1, 0.15) is 16.7 Å². The number of aryl methyl sites for hydroxylation is 2. The van der Waals surface area contributed by atoms with Gasteiger partial charge >= 0.3 is 6.18 Å². The van der Waals surface area contributed by atoms with E-state index in [1.807, 2.05) is 32.0 Å². The molecule has 4 rings (SSSR count). The summed E-state index contributed by atoms with van der Waals surface area (Å²) >= 11 is 0. The minimum Gasteiger partial charge on any atom is -0.325 e. The third kappa shape index (κ3) is 4.11. The number of nitrogens with zero attached hydrogens (tertiary/aromatic N) is 4. The van der Waals surface area contributed by atoms with E-state index in [9.17, 15) is 22.8 Å². The second-order valence-corrected chi connectivity index (χ2v) is 7.38. The molecule has 0 atom stereocenters. The molecule has 0 aliphatic heterocycles. The second kappa shape index (κ2) is 7.95. The van der Waals surface area contributed by atoms with Gasteiger partial charge in [-0.1, -0.05) is 17.7 Å². The zero-order valence-corrected chi connectivity index (χ0v) is 17.1. The Morgan fingerprint density at radius 3 is 2.47 bits per heavy atom. The standard InChI is InChI=1S/C22H18F3N5O2/c1-13-3-8-18(14(2)9-13)30-20-17(10-27-30)21(32)29(12-26-20)11-19(31)28-16-6-4-15(5-7-16)22(23,24)25/h3-10,12H,11H2,1-2H3,(H,28,31). The highest BCUT2D eigenvalue weighted by molar-refractivity contribution is 5.90. The number of aromatic nitrogens is 4. The number of alkyl halides is 3. The number of amides is 1. The monoisotopic (exact) mass is 441 g/mol. The third-order valence-corrected chi connectivity index (χ3v) is 4.94. The number of carbonyl (C=O) groups is 1. The van der Waals surface area contributed by atoms with Gasteiger partial charge in [-0.05, 0) is 49.7 Å². The van der Waals surface area contributed by atoms with Crippen molar-refractivity contribution in [1.29, 1.82) is 0 Å². The van der Waals surface area contributed by atoms with Gasteiger partial charge in [0.1, 0.15) is 18.3 Å². The SMILES string of the molecule is Cc1ccc(-n2ncc3c(=O)n(CC(=O)Nc4ccc(C(F)(F)F)cc4)cnc32)c(C)c1. The lowest BCUT2D eigenvalue weighted by molar-refractivity contribution is -0.137. The lowest BCUT2D eigenvalue weighted by Gasteiger charge is -2.10. The fourth-order valence-corrected chi connectivity index (χ4v) is 3.38. The van der Waals surface area contributed by atoms with Gasteiger partial charge in [0.2, 0.25) is 5.91 Å². The molecule has 1 amide bonds. The predicted octanol–water partition coefficient (Wildman–Crippen LogP) is 3.86. The lowest BCUT2D eigenvalue weighted by Crippen LogP contribution is -2.27. The molecule has 0 aliphatic carbocycles. The van der Waals surface area contributed by atoms with Crippen LogP contribution < -0.4 is 10.9 Å². The molecule has 7 nitrogen and oxygen atoms in total. The number of hydrogen-bond acceptors (Lipinski definition) is 4. The highest BCUT2D eigenvalue weighted by Gasteiger charge is 2.30. The van der Waals surface area contributed by atoms with Crippen molar-refractivity contribution in [2.24, 2.45) is 0 Å². The number of benzene rings is 2. The summed E-state index contributed by atoms with van der Waals surface area (Å²) in [4.78, 5) is 29.4. The van der Waals surface area contributed by atoms with Gasteiger partial charge in [-0.2, -0.15) is 18.3 Å². The number of halogens is 3. The first-order valence-corrected chi connectivity index (χ1v) is 9.61. The van der Waals surface area contributed by atoms with Crippen molar-refractivity contribution in [2.45, 2.75) is 26.6 Å². The van der Waals surface area contributed by atoms with Crippen LogP contribution in [-0.4, -0.2) is 25.2 Å². The number of rotatable bonds is 4. The van der Waals surface area contributed by atoms with E-state index in [4.69, 9.17) is 0 Å². The van der Waals surface area contributed by atoms with Crippen molar-refractivity contribution >= 4 is 22.6 Å². The first-order chi connectivity index (χ1) is 15.1. The minimum atomic E-state index is -4.46. The van der Waals surface area contributed by atoms with Gasteiger partial charge in [-0.25, -0.2) is 9.67 Å². The molecule has 0 saturated heterocycles. The molecular weight excluding hydrogens is 423 g/mol. The highest BCUT2D eigenvalue weighted by atomic mass is 19.4. The smallest absolute Gasteiger partial charge is 0.325 e. The molecule has 32 heavy (non-hydrogen) atoms. The summed E-state index contributed by atoms with van der Waals surface area (Å²) in [6.45, 7) is 3.56. The Hall–Kier alpha value is -3.95. The van der Waals surface area contributed by atoms with E-state index in [2.05, 4.69) is 15.4 Å². The van der Waals surface area contributed by atoms with Gasteiger partial charge in [0.25, 0.3) is 5.56 Å². The van der Waals surface area contributed by atoms with Crippen molar-refractivity contribution in [1.82, 2.24) is 19.3 Å². The summed E-state index contributed by atoms with van der Waals surface area (Å²) in [5.74, 6) is -0.574. The van der Waals surface area contributed by atoms with Crippen LogP contribution in [-0.2, 0) is 17.5 Å². The van der Waals surface area contributed by atoms with Crippen molar-refractivity contribution in [2.75, 3.05) is 5.32 Å². The number of nitrogens with one attached hydrogen (secondary N) is 1. The van der Waals surface area contributed by atoms with Gasteiger partial charge in [0, 0.05) is 5.69 Å². The molecule has 2 aromatic carbocycles. The first-order valence-electron chi connectivity index (χ1n) is 9.61. The van der Waals surface area contributed by atoms with Crippen molar-refractivity contribution in [3.8, 4) is 5.69 Å². The first kappa shape index (κ1) is 21.3. The third-order valence-electron chi connectivity index (χ3n) is 4.94. The van der Waals surface area contributed by atoms with Crippen LogP contribution in [0.5, 0.6) is 0 Å². The normalized spacial score (nSPS) is 11.7. The average Bonchev–Trinajstić information content (AvgIpc) is 3.14. The maximum Gasteiger partial charge on any atom is 0.416 e. The zero-order chi connectivity index (χ0) is 23.0. The molecule has 2 heterocycles. The van der Waals surface area contributed by atoms with E-state index in [0.717, 1.165) is 45.6 Å². The zero-order valence-electron chi connectivity index (χ0n) is 17.1. The predicted molar refractivity (Wildman–Crippen MR) is 113 cm³/mol. The number of fused-ring (bicyclic) bond motifs is 1. The molecule has 0 aliphatic rings. The highest BCUT2D eigenvalue weighted by Crippen LogP contribution is 2.29. The van der Waals surface area contributed by atoms with Crippen LogP contribution in [0.25, 0.3) is 16.7 Å².